The molecule has 1 aliphatic heterocycles. The third-order valence-corrected chi connectivity index (χ3v) is 2.97. The van der Waals surface area contributed by atoms with Crippen molar-refractivity contribution in [3.63, 3.8) is 0 Å². The molecule has 0 aromatic carbocycles. The van der Waals surface area contributed by atoms with Crippen LogP contribution >= 0.6 is 0 Å². The second-order valence-electron chi connectivity index (χ2n) is 4.88. The minimum Gasteiger partial charge on any atom is -0.481 e. The van der Waals surface area contributed by atoms with Crippen LogP contribution in [0.15, 0.2) is 0 Å². The number of hydrogen-bond acceptors (Lipinski definition) is 4. The molecule has 0 saturated carbocycles. The van der Waals surface area contributed by atoms with E-state index in [-0.39, 0.29) is 18.6 Å². The summed E-state index contributed by atoms with van der Waals surface area (Å²) in [5, 5.41) is 11.6. The summed E-state index contributed by atoms with van der Waals surface area (Å²) in [5.41, 5.74) is 0. The summed E-state index contributed by atoms with van der Waals surface area (Å²) >= 11 is 0. The molecule has 0 radical (unpaired) electrons. The Bertz CT molecular complexity index is 290. The average Bonchev–Trinajstić information content (AvgIpc) is 2.78. The molecule has 0 aromatic heterocycles. The number of carbonyl (C=O) groups is 2. The molecule has 2 atom stereocenters. The van der Waals surface area contributed by atoms with Gasteiger partial charge in [-0.05, 0) is 19.9 Å². The third kappa shape index (κ3) is 5.46. The fraction of sp³-hybridized carbons (Fsp3) is 0.833. The van der Waals surface area contributed by atoms with E-state index in [4.69, 9.17) is 9.84 Å². The van der Waals surface area contributed by atoms with E-state index in [1.54, 1.807) is 18.9 Å². The van der Waals surface area contributed by atoms with E-state index in [0.29, 0.717) is 13.1 Å². The van der Waals surface area contributed by atoms with E-state index in [1.807, 2.05) is 0 Å². The maximum Gasteiger partial charge on any atom is 0.307 e. The standard InChI is InChI=1S/C12H22N2O4/c1-9(12(16)17)7-14(2)8-11(15)13-6-10-4-3-5-18-10/h9-10H,3-8H2,1-2H3,(H,13,15)(H,16,17). The molecule has 0 aliphatic carbocycles. The summed E-state index contributed by atoms with van der Waals surface area (Å²) in [4.78, 5) is 24.0. The van der Waals surface area contributed by atoms with Gasteiger partial charge in [-0.2, -0.15) is 0 Å². The van der Waals surface area contributed by atoms with Gasteiger partial charge >= 0.3 is 5.97 Å². The summed E-state index contributed by atoms with van der Waals surface area (Å²) in [6.45, 7) is 3.52. The van der Waals surface area contributed by atoms with Crippen molar-refractivity contribution in [2.45, 2.75) is 25.9 Å². The zero-order valence-corrected chi connectivity index (χ0v) is 11.0. The average molecular weight is 258 g/mol. The number of likely N-dealkylation sites (N-methyl/N-ethyl adjacent to an activating group) is 1. The number of nitrogens with one attached hydrogen (secondary N) is 1. The Morgan fingerprint density at radius 3 is 2.83 bits per heavy atom. The van der Waals surface area contributed by atoms with E-state index in [0.717, 1.165) is 19.4 Å². The van der Waals surface area contributed by atoms with Gasteiger partial charge in [0.05, 0.1) is 18.6 Å². The lowest BCUT2D eigenvalue weighted by Gasteiger charge is -2.19. The number of nitrogens with zero attached hydrogens (tertiary/aromatic N) is 1. The number of carbonyl (C=O) groups excluding carboxylic acids is 1. The van der Waals surface area contributed by atoms with Gasteiger partial charge in [0.25, 0.3) is 0 Å². The van der Waals surface area contributed by atoms with Gasteiger partial charge in [-0.25, -0.2) is 0 Å². The molecule has 104 valence electrons. The van der Waals surface area contributed by atoms with Crippen molar-refractivity contribution in [2.24, 2.45) is 5.92 Å². The highest BCUT2D eigenvalue weighted by molar-refractivity contribution is 5.78. The first-order chi connectivity index (χ1) is 8.49. The van der Waals surface area contributed by atoms with Gasteiger partial charge in [0.2, 0.25) is 5.91 Å². The molecule has 6 nitrogen and oxygen atoms in total. The fourth-order valence-corrected chi connectivity index (χ4v) is 1.94. The normalized spacial score (nSPS) is 20.9. The lowest BCUT2D eigenvalue weighted by molar-refractivity contribution is -0.142. The molecule has 2 N–H and O–H groups in total. The van der Waals surface area contributed by atoms with Crippen LogP contribution < -0.4 is 5.32 Å². The summed E-state index contributed by atoms with van der Waals surface area (Å²) in [6.07, 6.45) is 2.18. The molecular weight excluding hydrogens is 236 g/mol. The number of ether oxygens (including phenoxy) is 1. The molecule has 1 heterocycles. The second kappa shape index (κ2) is 7.33. The van der Waals surface area contributed by atoms with E-state index in [9.17, 15) is 9.59 Å². The van der Waals surface area contributed by atoms with E-state index < -0.39 is 11.9 Å². The molecule has 0 aromatic rings. The number of amides is 1. The van der Waals surface area contributed by atoms with Crippen LogP contribution in [0.3, 0.4) is 0 Å². The van der Waals surface area contributed by atoms with Crippen LogP contribution in [0.1, 0.15) is 19.8 Å². The molecule has 0 spiro atoms. The molecule has 1 aliphatic rings. The van der Waals surface area contributed by atoms with Crippen molar-refractivity contribution >= 4 is 11.9 Å². The molecule has 6 heteroatoms. The van der Waals surface area contributed by atoms with Gasteiger partial charge in [0.1, 0.15) is 0 Å². The second-order valence-corrected chi connectivity index (χ2v) is 4.88. The smallest absolute Gasteiger partial charge is 0.307 e. The molecule has 2 unspecified atom stereocenters. The van der Waals surface area contributed by atoms with Crippen molar-refractivity contribution in [3.8, 4) is 0 Å². The molecular formula is C12H22N2O4. The molecule has 1 amide bonds. The van der Waals surface area contributed by atoms with E-state index in [1.165, 1.54) is 0 Å². The molecule has 1 fully saturated rings. The molecule has 0 bridgehead atoms. The Hall–Kier alpha value is -1.14. The summed E-state index contributed by atoms with van der Waals surface area (Å²) in [6, 6.07) is 0. The Balaban J connectivity index is 2.16. The number of hydrogen-bond donors (Lipinski definition) is 2. The van der Waals surface area contributed by atoms with E-state index >= 15 is 0 Å². The van der Waals surface area contributed by atoms with Crippen LogP contribution in [-0.4, -0.2) is 61.3 Å². The maximum absolute atomic E-state index is 11.6. The number of rotatable bonds is 7. The molecule has 1 saturated heterocycles. The predicted molar refractivity (Wildman–Crippen MR) is 66.3 cm³/mol. The molecule has 1 rings (SSSR count). The monoisotopic (exact) mass is 258 g/mol. The van der Waals surface area contributed by atoms with Gasteiger partial charge in [-0.1, -0.05) is 6.92 Å². The van der Waals surface area contributed by atoms with Gasteiger partial charge in [-0.3, -0.25) is 14.5 Å². The summed E-state index contributed by atoms with van der Waals surface area (Å²) < 4.78 is 5.40. The fourth-order valence-electron chi connectivity index (χ4n) is 1.94. The van der Waals surface area contributed by atoms with Gasteiger partial charge in [0.15, 0.2) is 0 Å². The Kier molecular flexibility index (Phi) is 6.07. The Morgan fingerprint density at radius 2 is 2.28 bits per heavy atom. The SMILES string of the molecule is CC(CN(C)CC(=O)NCC1CCCO1)C(=O)O. The lowest BCUT2D eigenvalue weighted by Crippen LogP contribution is -2.40. The van der Waals surface area contributed by atoms with Crippen LogP contribution in [0, 0.1) is 5.92 Å². The third-order valence-electron chi connectivity index (χ3n) is 2.97. The highest BCUT2D eigenvalue weighted by atomic mass is 16.5. The van der Waals surface area contributed by atoms with Crippen LogP contribution in [0.4, 0.5) is 0 Å². The highest BCUT2D eigenvalue weighted by Gasteiger charge is 2.18. The summed E-state index contributed by atoms with van der Waals surface area (Å²) in [7, 11) is 1.74. The first kappa shape index (κ1) is 14.9. The van der Waals surface area contributed by atoms with Crippen molar-refractivity contribution in [3.05, 3.63) is 0 Å². The topological polar surface area (TPSA) is 78.9 Å². The zero-order chi connectivity index (χ0) is 13.5. The Morgan fingerprint density at radius 1 is 1.56 bits per heavy atom. The number of carboxylic acid groups (broad SMARTS) is 1. The van der Waals surface area contributed by atoms with Crippen molar-refractivity contribution in [1.82, 2.24) is 10.2 Å². The minimum absolute atomic E-state index is 0.0920. The van der Waals surface area contributed by atoms with Crippen molar-refractivity contribution < 1.29 is 19.4 Å². The first-order valence-corrected chi connectivity index (χ1v) is 6.28. The summed E-state index contributed by atoms with van der Waals surface area (Å²) in [5.74, 6) is -1.41. The first-order valence-electron chi connectivity index (χ1n) is 6.28. The lowest BCUT2D eigenvalue weighted by atomic mass is 10.2. The number of carboxylic acids is 1. The maximum atomic E-state index is 11.6. The largest absolute Gasteiger partial charge is 0.481 e. The minimum atomic E-state index is -0.846. The van der Waals surface area contributed by atoms with E-state index in [2.05, 4.69) is 5.32 Å². The van der Waals surface area contributed by atoms with Gasteiger partial charge in [0, 0.05) is 19.7 Å². The van der Waals surface area contributed by atoms with Crippen LogP contribution in [0.5, 0.6) is 0 Å². The van der Waals surface area contributed by atoms with Gasteiger partial charge in [-0.15, -0.1) is 0 Å². The van der Waals surface area contributed by atoms with Gasteiger partial charge < -0.3 is 15.2 Å². The van der Waals surface area contributed by atoms with Crippen molar-refractivity contribution in [2.75, 3.05) is 33.3 Å². The van der Waals surface area contributed by atoms with Crippen LogP contribution in [-0.2, 0) is 14.3 Å². The predicted octanol–water partition coefficient (Wildman–Crippen LogP) is -0.0659. The molecule has 18 heavy (non-hydrogen) atoms. The Labute approximate surface area is 107 Å². The van der Waals surface area contributed by atoms with Crippen LogP contribution in [0.25, 0.3) is 0 Å². The zero-order valence-electron chi connectivity index (χ0n) is 11.0. The highest BCUT2D eigenvalue weighted by Crippen LogP contribution is 2.10. The van der Waals surface area contributed by atoms with Crippen molar-refractivity contribution in [1.29, 1.82) is 0 Å². The van der Waals surface area contributed by atoms with Crippen LogP contribution in [0.2, 0.25) is 0 Å². The quantitative estimate of drug-likeness (QED) is 0.668. The number of aliphatic carboxylic acids is 1.